The van der Waals surface area contributed by atoms with Crippen molar-refractivity contribution in [3.8, 4) is 0 Å². The Labute approximate surface area is 120 Å². The molecule has 1 heterocycles. The molecule has 0 radical (unpaired) electrons. The van der Waals surface area contributed by atoms with Gasteiger partial charge in [0.25, 0.3) is 0 Å². The third-order valence-electron chi connectivity index (χ3n) is 3.78. The van der Waals surface area contributed by atoms with Gasteiger partial charge in [0.05, 0.1) is 10.7 Å². The lowest BCUT2D eigenvalue weighted by molar-refractivity contribution is 0.0685. The molecule has 1 aliphatic rings. The van der Waals surface area contributed by atoms with E-state index in [4.69, 9.17) is 22.1 Å². The standard InChI is InChI=1S/C15H23ClN2O/c1-11(17)13-3-4-15(14(16)9-13)18(2)10-12-5-7-19-8-6-12/h3-4,9,11-12H,5-8,10,17H2,1-2H3/t11-/m1/s1. The van der Waals surface area contributed by atoms with Gasteiger partial charge in [0, 0.05) is 32.8 Å². The third-order valence-corrected chi connectivity index (χ3v) is 4.08. The quantitative estimate of drug-likeness (QED) is 0.921. The average Bonchev–Trinajstić information content (AvgIpc) is 2.39. The molecule has 0 spiro atoms. The topological polar surface area (TPSA) is 38.5 Å². The number of ether oxygens (including phenoxy) is 1. The molecule has 4 heteroatoms. The van der Waals surface area contributed by atoms with Gasteiger partial charge in [0.15, 0.2) is 0 Å². The summed E-state index contributed by atoms with van der Waals surface area (Å²) >= 11 is 6.36. The lowest BCUT2D eigenvalue weighted by Gasteiger charge is -2.29. The highest BCUT2D eigenvalue weighted by Gasteiger charge is 2.17. The first-order valence-corrected chi connectivity index (χ1v) is 7.29. The molecule has 1 aliphatic heterocycles. The first-order valence-electron chi connectivity index (χ1n) is 6.92. The number of nitrogens with two attached hydrogens (primary N) is 1. The summed E-state index contributed by atoms with van der Waals surface area (Å²) in [5.74, 6) is 0.697. The van der Waals surface area contributed by atoms with E-state index in [0.717, 1.165) is 48.9 Å². The van der Waals surface area contributed by atoms with Crippen molar-refractivity contribution in [1.82, 2.24) is 0 Å². The summed E-state index contributed by atoms with van der Waals surface area (Å²) in [7, 11) is 2.10. The molecule has 106 valence electrons. The minimum absolute atomic E-state index is 0.0207. The van der Waals surface area contributed by atoms with Crippen LogP contribution in [0, 0.1) is 5.92 Å². The van der Waals surface area contributed by atoms with E-state index in [-0.39, 0.29) is 6.04 Å². The minimum atomic E-state index is 0.0207. The second kappa shape index (κ2) is 6.60. The predicted octanol–water partition coefficient (Wildman–Crippen LogP) is 3.22. The monoisotopic (exact) mass is 282 g/mol. The number of hydrogen-bond donors (Lipinski definition) is 1. The van der Waals surface area contributed by atoms with Crippen LogP contribution in [0.15, 0.2) is 18.2 Å². The Morgan fingerprint density at radius 3 is 2.68 bits per heavy atom. The summed E-state index contributed by atoms with van der Waals surface area (Å²) in [4.78, 5) is 2.24. The first-order chi connectivity index (χ1) is 9.08. The predicted molar refractivity (Wildman–Crippen MR) is 80.9 cm³/mol. The number of hydrogen-bond acceptors (Lipinski definition) is 3. The van der Waals surface area contributed by atoms with Crippen LogP contribution in [-0.4, -0.2) is 26.8 Å². The fourth-order valence-electron chi connectivity index (χ4n) is 2.53. The molecular formula is C15H23ClN2O. The molecule has 3 nitrogen and oxygen atoms in total. The lowest BCUT2D eigenvalue weighted by atomic mass is 9.99. The van der Waals surface area contributed by atoms with Crippen molar-refractivity contribution in [2.75, 3.05) is 31.7 Å². The Balaban J connectivity index is 2.03. The van der Waals surface area contributed by atoms with Gasteiger partial charge in [-0.15, -0.1) is 0 Å². The molecule has 0 aromatic heterocycles. The number of rotatable bonds is 4. The fraction of sp³-hybridized carbons (Fsp3) is 0.600. The van der Waals surface area contributed by atoms with Crippen molar-refractivity contribution in [2.45, 2.75) is 25.8 Å². The summed E-state index contributed by atoms with van der Waals surface area (Å²) in [6.07, 6.45) is 2.28. The molecular weight excluding hydrogens is 260 g/mol. The Morgan fingerprint density at radius 2 is 2.11 bits per heavy atom. The molecule has 2 rings (SSSR count). The van der Waals surface area contributed by atoms with E-state index in [1.54, 1.807) is 0 Å². The van der Waals surface area contributed by atoms with Crippen molar-refractivity contribution in [1.29, 1.82) is 0 Å². The molecule has 2 N–H and O–H groups in total. The van der Waals surface area contributed by atoms with Crippen LogP contribution < -0.4 is 10.6 Å². The zero-order chi connectivity index (χ0) is 13.8. The van der Waals surface area contributed by atoms with Gasteiger partial charge in [-0.1, -0.05) is 17.7 Å². The summed E-state index contributed by atoms with van der Waals surface area (Å²) in [5, 5.41) is 0.782. The molecule has 1 saturated heterocycles. The largest absolute Gasteiger partial charge is 0.381 e. The van der Waals surface area contributed by atoms with Gasteiger partial charge in [-0.3, -0.25) is 0 Å². The summed E-state index contributed by atoms with van der Waals surface area (Å²) in [6.45, 7) is 4.77. The van der Waals surface area contributed by atoms with E-state index in [0.29, 0.717) is 5.92 Å². The summed E-state index contributed by atoms with van der Waals surface area (Å²) in [5.41, 5.74) is 8.03. The molecule has 1 aromatic rings. The van der Waals surface area contributed by atoms with Crippen LogP contribution in [0.4, 0.5) is 5.69 Å². The third kappa shape index (κ3) is 3.85. The van der Waals surface area contributed by atoms with E-state index in [9.17, 15) is 0 Å². The second-order valence-corrected chi connectivity index (χ2v) is 5.84. The van der Waals surface area contributed by atoms with Crippen molar-refractivity contribution >= 4 is 17.3 Å². The maximum Gasteiger partial charge on any atom is 0.0642 e. The van der Waals surface area contributed by atoms with Crippen molar-refractivity contribution < 1.29 is 4.74 Å². The highest BCUT2D eigenvalue weighted by Crippen LogP contribution is 2.29. The zero-order valence-corrected chi connectivity index (χ0v) is 12.5. The molecule has 1 aromatic carbocycles. The molecule has 0 amide bonds. The van der Waals surface area contributed by atoms with Gasteiger partial charge in [0.2, 0.25) is 0 Å². The van der Waals surface area contributed by atoms with Gasteiger partial charge in [-0.25, -0.2) is 0 Å². The van der Waals surface area contributed by atoms with Gasteiger partial charge in [-0.2, -0.15) is 0 Å². The molecule has 1 fully saturated rings. The number of halogens is 1. The SMILES string of the molecule is C[C@@H](N)c1ccc(N(C)CC2CCOCC2)c(Cl)c1. The van der Waals surface area contributed by atoms with Crippen molar-refractivity contribution in [3.63, 3.8) is 0 Å². The fourth-order valence-corrected chi connectivity index (χ4v) is 2.86. The Kier molecular flexibility index (Phi) is 5.08. The van der Waals surface area contributed by atoms with Crippen molar-refractivity contribution in [3.05, 3.63) is 28.8 Å². The minimum Gasteiger partial charge on any atom is -0.381 e. The highest BCUT2D eigenvalue weighted by molar-refractivity contribution is 6.33. The highest BCUT2D eigenvalue weighted by atomic mass is 35.5. The van der Waals surface area contributed by atoms with Crippen molar-refractivity contribution in [2.24, 2.45) is 11.7 Å². The summed E-state index contributed by atoms with van der Waals surface area (Å²) in [6, 6.07) is 6.13. The molecule has 0 saturated carbocycles. The van der Waals surface area contributed by atoms with Gasteiger partial charge >= 0.3 is 0 Å². The Bertz CT molecular complexity index is 417. The first kappa shape index (κ1) is 14.6. The van der Waals surface area contributed by atoms with E-state index < -0.39 is 0 Å². The summed E-state index contributed by atoms with van der Waals surface area (Å²) < 4.78 is 5.39. The van der Waals surface area contributed by atoms with E-state index >= 15 is 0 Å². The number of nitrogens with zero attached hydrogens (tertiary/aromatic N) is 1. The van der Waals surface area contributed by atoms with E-state index in [2.05, 4.69) is 24.1 Å². The molecule has 19 heavy (non-hydrogen) atoms. The number of anilines is 1. The van der Waals surface area contributed by atoms with Crippen LogP contribution in [0.1, 0.15) is 31.4 Å². The van der Waals surface area contributed by atoms with Gasteiger partial charge in [0.1, 0.15) is 0 Å². The molecule has 1 atom stereocenters. The molecule has 0 aliphatic carbocycles. The Hall–Kier alpha value is -0.770. The van der Waals surface area contributed by atoms with Crippen LogP contribution in [-0.2, 0) is 4.74 Å². The maximum atomic E-state index is 6.36. The molecule has 0 bridgehead atoms. The zero-order valence-electron chi connectivity index (χ0n) is 11.7. The van der Waals surface area contributed by atoms with Crippen LogP contribution in [0.2, 0.25) is 5.02 Å². The van der Waals surface area contributed by atoms with E-state index in [1.165, 1.54) is 0 Å². The second-order valence-electron chi connectivity index (χ2n) is 5.44. The van der Waals surface area contributed by atoms with Crippen LogP contribution in [0.3, 0.4) is 0 Å². The van der Waals surface area contributed by atoms with Gasteiger partial charge in [-0.05, 0) is 43.4 Å². The van der Waals surface area contributed by atoms with Crippen LogP contribution >= 0.6 is 11.6 Å². The average molecular weight is 283 g/mol. The lowest BCUT2D eigenvalue weighted by Crippen LogP contribution is -2.29. The smallest absolute Gasteiger partial charge is 0.0642 e. The van der Waals surface area contributed by atoms with Crippen LogP contribution in [0.5, 0.6) is 0 Å². The number of benzene rings is 1. The van der Waals surface area contributed by atoms with Crippen LogP contribution in [0.25, 0.3) is 0 Å². The van der Waals surface area contributed by atoms with Gasteiger partial charge < -0.3 is 15.4 Å². The maximum absolute atomic E-state index is 6.36. The molecule has 0 unspecified atom stereocenters. The van der Waals surface area contributed by atoms with E-state index in [1.807, 2.05) is 13.0 Å². The normalized spacial score (nSPS) is 18.3. The Morgan fingerprint density at radius 1 is 1.42 bits per heavy atom.